The van der Waals surface area contributed by atoms with Gasteiger partial charge in [0, 0.05) is 12.4 Å². The third kappa shape index (κ3) is 1.67. The van der Waals surface area contributed by atoms with Crippen molar-refractivity contribution in [1.29, 1.82) is 0 Å². The number of aliphatic hydroxyl groups excluding tert-OH is 1. The Morgan fingerprint density at radius 3 is 3.21 bits per heavy atom. The van der Waals surface area contributed by atoms with Crippen molar-refractivity contribution in [2.75, 3.05) is 13.2 Å². The van der Waals surface area contributed by atoms with Crippen molar-refractivity contribution in [3.63, 3.8) is 0 Å². The molecule has 2 unspecified atom stereocenters. The minimum atomic E-state index is -0.646. The lowest BCUT2D eigenvalue weighted by Crippen LogP contribution is -2.27. The second kappa shape index (κ2) is 3.87. The summed E-state index contributed by atoms with van der Waals surface area (Å²) in [5.74, 6) is 0. The molecule has 2 rings (SSSR count). The lowest BCUT2D eigenvalue weighted by atomic mass is 10.5. The van der Waals surface area contributed by atoms with Crippen molar-refractivity contribution < 1.29 is 14.6 Å². The molecule has 76 valence electrons. The van der Waals surface area contributed by atoms with Gasteiger partial charge >= 0.3 is 5.69 Å². The van der Waals surface area contributed by atoms with E-state index in [2.05, 4.69) is 4.98 Å². The van der Waals surface area contributed by atoms with Crippen LogP contribution in [0.5, 0.6) is 0 Å². The Kier molecular flexibility index (Phi) is 2.58. The van der Waals surface area contributed by atoms with Crippen molar-refractivity contribution >= 4 is 0 Å². The first-order valence-corrected chi connectivity index (χ1v) is 4.22. The van der Waals surface area contributed by atoms with E-state index in [1.54, 1.807) is 12.3 Å². The van der Waals surface area contributed by atoms with E-state index in [4.69, 9.17) is 14.6 Å². The van der Waals surface area contributed by atoms with Crippen molar-refractivity contribution in [3.8, 4) is 0 Å². The number of hydrogen-bond acceptors (Lipinski definition) is 5. The molecule has 0 bridgehead atoms. The summed E-state index contributed by atoms with van der Waals surface area (Å²) in [6.45, 7) is 0.0301. The molecule has 1 N–H and O–H groups in total. The van der Waals surface area contributed by atoms with Crippen LogP contribution in [0.15, 0.2) is 23.3 Å². The number of aliphatic hydroxyl groups is 1. The predicted molar refractivity (Wildman–Crippen MR) is 45.4 cm³/mol. The number of hydrogen-bond donors (Lipinski definition) is 1. The van der Waals surface area contributed by atoms with Gasteiger partial charge in [-0.25, -0.2) is 9.78 Å². The maximum Gasteiger partial charge on any atom is 0.349 e. The lowest BCUT2D eigenvalue weighted by molar-refractivity contribution is -0.0992. The van der Waals surface area contributed by atoms with E-state index in [-0.39, 0.29) is 18.9 Å². The molecule has 0 aromatic carbocycles. The van der Waals surface area contributed by atoms with E-state index in [1.165, 1.54) is 10.8 Å². The Bertz CT molecular complexity index is 364. The van der Waals surface area contributed by atoms with Gasteiger partial charge in [-0.05, 0) is 6.07 Å². The number of rotatable bonds is 2. The van der Waals surface area contributed by atoms with Crippen molar-refractivity contribution in [2.24, 2.45) is 0 Å². The number of ether oxygens (including phenoxy) is 2. The molecule has 2 heterocycles. The minimum Gasteiger partial charge on any atom is -0.391 e. The Hall–Kier alpha value is -1.24. The van der Waals surface area contributed by atoms with E-state index in [0.29, 0.717) is 0 Å². The molecule has 0 saturated carbocycles. The average Bonchev–Trinajstić information content (AvgIpc) is 2.67. The van der Waals surface area contributed by atoms with E-state index in [1.807, 2.05) is 0 Å². The average molecular weight is 198 g/mol. The summed E-state index contributed by atoms with van der Waals surface area (Å²) < 4.78 is 11.6. The van der Waals surface area contributed by atoms with Gasteiger partial charge < -0.3 is 14.6 Å². The highest BCUT2D eigenvalue weighted by molar-refractivity contribution is 4.83. The Morgan fingerprint density at radius 1 is 1.71 bits per heavy atom. The molecule has 0 spiro atoms. The summed E-state index contributed by atoms with van der Waals surface area (Å²) >= 11 is 0. The summed E-state index contributed by atoms with van der Waals surface area (Å²) in [5.41, 5.74) is -0.389. The summed E-state index contributed by atoms with van der Waals surface area (Å²) in [6, 6.07) is 1.64. The van der Waals surface area contributed by atoms with Crippen molar-refractivity contribution in [2.45, 2.75) is 12.5 Å². The van der Waals surface area contributed by atoms with Crippen LogP contribution in [0.2, 0.25) is 0 Å². The summed E-state index contributed by atoms with van der Waals surface area (Å²) in [7, 11) is 0. The monoisotopic (exact) mass is 198 g/mol. The molecule has 1 aliphatic rings. The zero-order valence-corrected chi connectivity index (χ0v) is 7.37. The molecule has 1 saturated heterocycles. The van der Waals surface area contributed by atoms with E-state index in [9.17, 15) is 4.79 Å². The fourth-order valence-corrected chi connectivity index (χ4v) is 1.27. The molecule has 14 heavy (non-hydrogen) atoms. The number of aromatic nitrogens is 2. The molecule has 2 atom stereocenters. The highest BCUT2D eigenvalue weighted by Gasteiger charge is 2.27. The SMILES string of the molecule is O=c1ncccn1C1COC(CO)O1. The van der Waals surface area contributed by atoms with Gasteiger partial charge in [-0.2, -0.15) is 0 Å². The van der Waals surface area contributed by atoms with Gasteiger partial charge in [0.1, 0.15) is 0 Å². The number of nitrogens with zero attached hydrogens (tertiary/aromatic N) is 2. The second-order valence-electron chi connectivity index (χ2n) is 2.85. The zero-order valence-electron chi connectivity index (χ0n) is 7.37. The molecule has 1 fully saturated rings. The minimum absolute atomic E-state index is 0.217. The van der Waals surface area contributed by atoms with Crippen LogP contribution in [-0.4, -0.2) is 34.2 Å². The van der Waals surface area contributed by atoms with E-state index >= 15 is 0 Å². The first kappa shape index (κ1) is 9.32. The first-order valence-electron chi connectivity index (χ1n) is 4.22. The van der Waals surface area contributed by atoms with Crippen LogP contribution in [0.3, 0.4) is 0 Å². The third-order valence-electron chi connectivity index (χ3n) is 1.93. The van der Waals surface area contributed by atoms with Gasteiger partial charge in [-0.1, -0.05) is 0 Å². The topological polar surface area (TPSA) is 73.6 Å². The highest BCUT2D eigenvalue weighted by Crippen LogP contribution is 2.18. The van der Waals surface area contributed by atoms with Gasteiger partial charge in [0.05, 0.1) is 13.2 Å². The molecule has 0 amide bonds. The van der Waals surface area contributed by atoms with Gasteiger partial charge in [0.2, 0.25) is 0 Å². The maximum atomic E-state index is 11.3. The van der Waals surface area contributed by atoms with Gasteiger partial charge in [-0.3, -0.25) is 4.57 Å². The maximum absolute atomic E-state index is 11.3. The van der Waals surface area contributed by atoms with Gasteiger partial charge in [-0.15, -0.1) is 0 Å². The third-order valence-corrected chi connectivity index (χ3v) is 1.93. The standard InChI is InChI=1S/C8H10N2O4/c11-4-7-13-5-6(14-7)10-3-1-2-9-8(10)12/h1-3,6-7,11H,4-5H2. The zero-order chi connectivity index (χ0) is 9.97. The van der Waals surface area contributed by atoms with Gasteiger partial charge in [0.15, 0.2) is 12.5 Å². The Labute approximate surface area is 79.7 Å². The van der Waals surface area contributed by atoms with E-state index < -0.39 is 12.5 Å². The smallest absolute Gasteiger partial charge is 0.349 e. The quantitative estimate of drug-likeness (QED) is 0.667. The molecular weight excluding hydrogens is 188 g/mol. The fourth-order valence-electron chi connectivity index (χ4n) is 1.27. The van der Waals surface area contributed by atoms with Gasteiger partial charge in [0.25, 0.3) is 0 Å². The molecule has 0 radical (unpaired) electrons. The largest absolute Gasteiger partial charge is 0.391 e. The summed E-state index contributed by atoms with van der Waals surface area (Å²) in [5, 5.41) is 8.75. The molecule has 6 nitrogen and oxygen atoms in total. The van der Waals surface area contributed by atoms with Crippen LogP contribution in [0.1, 0.15) is 6.23 Å². The van der Waals surface area contributed by atoms with Crippen LogP contribution < -0.4 is 5.69 Å². The van der Waals surface area contributed by atoms with Crippen molar-refractivity contribution in [1.82, 2.24) is 9.55 Å². The van der Waals surface area contributed by atoms with Crippen molar-refractivity contribution in [3.05, 3.63) is 28.9 Å². The molecular formula is C8H10N2O4. The molecule has 6 heteroatoms. The molecule has 0 aliphatic carbocycles. The van der Waals surface area contributed by atoms with Crippen LogP contribution in [0.25, 0.3) is 0 Å². The normalized spacial score (nSPS) is 26.6. The first-order chi connectivity index (χ1) is 6.81. The Morgan fingerprint density at radius 2 is 2.57 bits per heavy atom. The highest BCUT2D eigenvalue weighted by atomic mass is 16.7. The molecule has 1 aliphatic heterocycles. The van der Waals surface area contributed by atoms with E-state index in [0.717, 1.165) is 0 Å². The van der Waals surface area contributed by atoms with Crippen LogP contribution in [0, 0.1) is 0 Å². The summed E-state index contributed by atoms with van der Waals surface area (Å²) in [6.07, 6.45) is 1.85. The molecule has 1 aromatic heterocycles. The Balaban J connectivity index is 2.18. The summed E-state index contributed by atoms with van der Waals surface area (Å²) in [4.78, 5) is 14.8. The predicted octanol–water partition coefficient (Wildman–Crippen LogP) is -0.893. The second-order valence-corrected chi connectivity index (χ2v) is 2.85. The fraction of sp³-hybridized carbons (Fsp3) is 0.500. The van der Waals surface area contributed by atoms with Crippen LogP contribution >= 0.6 is 0 Å². The van der Waals surface area contributed by atoms with Crippen LogP contribution in [0.4, 0.5) is 0 Å². The lowest BCUT2D eigenvalue weighted by Gasteiger charge is -2.11. The molecule has 1 aromatic rings. The van der Waals surface area contributed by atoms with Crippen LogP contribution in [-0.2, 0) is 9.47 Å².